The fourth-order valence-electron chi connectivity index (χ4n) is 5.47. The Morgan fingerprint density at radius 2 is 1.42 bits per heavy atom. The lowest BCUT2D eigenvalue weighted by Gasteiger charge is -2.59. The largest absolute Gasteiger partial charge is 0.481 e. The van der Waals surface area contributed by atoms with Gasteiger partial charge >= 0.3 is 5.97 Å². The van der Waals surface area contributed by atoms with Crippen LogP contribution >= 0.6 is 0 Å². The third-order valence-corrected chi connectivity index (χ3v) is 5.83. The fraction of sp³-hybridized carbons (Fsp3) is 0.933. The Bertz CT molecular complexity index is 348. The van der Waals surface area contributed by atoms with Gasteiger partial charge in [-0.25, -0.2) is 0 Å². The van der Waals surface area contributed by atoms with Crippen molar-refractivity contribution in [3.63, 3.8) is 0 Å². The molecule has 5 fully saturated rings. The number of hydrogen-bond donors (Lipinski definition) is 1. The molecule has 1 N–H and O–H groups in total. The van der Waals surface area contributed by atoms with E-state index in [4.69, 9.17) is 14.6 Å². The van der Waals surface area contributed by atoms with Crippen LogP contribution in [0.1, 0.15) is 38.5 Å². The van der Waals surface area contributed by atoms with Gasteiger partial charge in [0.05, 0.1) is 13.2 Å². The highest BCUT2D eigenvalue weighted by atomic mass is 16.7. The first-order valence-electron chi connectivity index (χ1n) is 7.61. The molecular weight excluding hydrogens is 244 g/mol. The standard InChI is InChI=1S/C15H22O4/c16-13(17)12-7-18-14(19-8-12)15-4-9-1-10(5-15)3-11(2-9)6-15/h9-12,14H,1-8H2,(H,16,17). The van der Waals surface area contributed by atoms with Gasteiger partial charge in [-0.05, 0) is 56.3 Å². The lowest BCUT2D eigenvalue weighted by Crippen LogP contribution is -2.55. The van der Waals surface area contributed by atoms with E-state index in [9.17, 15) is 4.79 Å². The van der Waals surface area contributed by atoms with E-state index in [1.165, 1.54) is 38.5 Å². The molecule has 4 nitrogen and oxygen atoms in total. The Morgan fingerprint density at radius 1 is 0.947 bits per heavy atom. The number of hydrogen-bond acceptors (Lipinski definition) is 3. The van der Waals surface area contributed by atoms with E-state index in [0.29, 0.717) is 13.2 Å². The van der Waals surface area contributed by atoms with Gasteiger partial charge in [0.1, 0.15) is 5.92 Å². The van der Waals surface area contributed by atoms with Crippen molar-refractivity contribution in [2.24, 2.45) is 29.1 Å². The molecule has 1 heterocycles. The smallest absolute Gasteiger partial charge is 0.311 e. The van der Waals surface area contributed by atoms with Gasteiger partial charge in [0, 0.05) is 5.41 Å². The Balaban J connectivity index is 1.49. The zero-order valence-corrected chi connectivity index (χ0v) is 11.2. The summed E-state index contributed by atoms with van der Waals surface area (Å²) in [6.45, 7) is 0.642. The number of carboxylic acid groups (broad SMARTS) is 1. The molecule has 106 valence electrons. The predicted molar refractivity (Wildman–Crippen MR) is 67.4 cm³/mol. The molecule has 4 heteroatoms. The molecule has 5 aliphatic rings. The van der Waals surface area contributed by atoms with Gasteiger partial charge in [0.25, 0.3) is 0 Å². The van der Waals surface area contributed by atoms with Crippen molar-refractivity contribution in [3.8, 4) is 0 Å². The van der Waals surface area contributed by atoms with Gasteiger partial charge in [0.15, 0.2) is 6.29 Å². The van der Waals surface area contributed by atoms with Crippen molar-refractivity contribution in [2.75, 3.05) is 13.2 Å². The monoisotopic (exact) mass is 266 g/mol. The summed E-state index contributed by atoms with van der Waals surface area (Å²) in [6, 6.07) is 0. The molecule has 0 atom stereocenters. The van der Waals surface area contributed by atoms with Crippen molar-refractivity contribution < 1.29 is 19.4 Å². The Kier molecular flexibility index (Phi) is 2.68. The minimum atomic E-state index is -0.802. The molecule has 0 aromatic heterocycles. The van der Waals surface area contributed by atoms with E-state index in [-0.39, 0.29) is 11.7 Å². The summed E-state index contributed by atoms with van der Waals surface area (Å²) < 4.78 is 11.7. The third-order valence-electron chi connectivity index (χ3n) is 5.83. The summed E-state index contributed by atoms with van der Waals surface area (Å²) in [6.07, 6.45) is 7.79. The lowest BCUT2D eigenvalue weighted by atomic mass is 9.49. The predicted octanol–water partition coefficient (Wildman–Crippen LogP) is 2.28. The molecule has 1 aliphatic heterocycles. The summed E-state index contributed by atoms with van der Waals surface area (Å²) in [5.41, 5.74) is 0.207. The molecule has 5 rings (SSSR count). The van der Waals surface area contributed by atoms with Gasteiger partial charge in [-0.2, -0.15) is 0 Å². The van der Waals surface area contributed by atoms with Crippen molar-refractivity contribution >= 4 is 5.97 Å². The lowest BCUT2D eigenvalue weighted by molar-refractivity contribution is -0.283. The maximum absolute atomic E-state index is 10.9. The molecule has 0 aromatic rings. The van der Waals surface area contributed by atoms with E-state index in [1.807, 2.05) is 0 Å². The summed E-state index contributed by atoms with van der Waals surface area (Å²) >= 11 is 0. The molecule has 0 unspecified atom stereocenters. The first-order valence-corrected chi connectivity index (χ1v) is 7.61. The van der Waals surface area contributed by atoms with E-state index < -0.39 is 11.9 Å². The van der Waals surface area contributed by atoms with Crippen LogP contribution in [0.3, 0.4) is 0 Å². The zero-order chi connectivity index (χ0) is 13.0. The summed E-state index contributed by atoms with van der Waals surface area (Å²) in [7, 11) is 0. The molecule has 0 spiro atoms. The molecule has 4 aliphatic carbocycles. The maximum atomic E-state index is 10.9. The molecule has 0 aromatic carbocycles. The van der Waals surface area contributed by atoms with Crippen molar-refractivity contribution in [3.05, 3.63) is 0 Å². The highest BCUT2D eigenvalue weighted by Crippen LogP contribution is 2.62. The van der Waals surface area contributed by atoms with Crippen LogP contribution in [-0.2, 0) is 14.3 Å². The van der Waals surface area contributed by atoms with Crippen LogP contribution in [0, 0.1) is 29.1 Å². The van der Waals surface area contributed by atoms with Crippen LogP contribution < -0.4 is 0 Å². The molecule has 4 saturated carbocycles. The third kappa shape index (κ3) is 1.91. The summed E-state index contributed by atoms with van der Waals surface area (Å²) in [5.74, 6) is 1.33. The Labute approximate surface area is 113 Å². The second kappa shape index (κ2) is 4.19. The van der Waals surface area contributed by atoms with Gasteiger partial charge < -0.3 is 14.6 Å². The topological polar surface area (TPSA) is 55.8 Å². The molecule has 0 radical (unpaired) electrons. The van der Waals surface area contributed by atoms with E-state index >= 15 is 0 Å². The van der Waals surface area contributed by atoms with Gasteiger partial charge in [-0.3, -0.25) is 4.79 Å². The average Bonchev–Trinajstić information content (AvgIpc) is 2.37. The summed E-state index contributed by atoms with van der Waals surface area (Å²) in [4.78, 5) is 10.9. The Morgan fingerprint density at radius 3 is 1.84 bits per heavy atom. The molecule has 1 saturated heterocycles. The van der Waals surface area contributed by atoms with Crippen LogP contribution in [0.4, 0.5) is 0 Å². The van der Waals surface area contributed by atoms with E-state index in [0.717, 1.165) is 17.8 Å². The van der Waals surface area contributed by atoms with Gasteiger partial charge in [-0.1, -0.05) is 0 Å². The first-order chi connectivity index (χ1) is 9.14. The van der Waals surface area contributed by atoms with Gasteiger partial charge in [0.2, 0.25) is 0 Å². The fourth-order valence-corrected chi connectivity index (χ4v) is 5.47. The number of ether oxygens (including phenoxy) is 2. The number of carboxylic acids is 1. The highest BCUT2D eigenvalue weighted by Gasteiger charge is 2.56. The normalized spacial score (nSPS) is 52.3. The molecule has 4 bridgehead atoms. The van der Waals surface area contributed by atoms with Gasteiger partial charge in [-0.15, -0.1) is 0 Å². The zero-order valence-electron chi connectivity index (χ0n) is 11.2. The first kappa shape index (κ1) is 12.2. The van der Waals surface area contributed by atoms with Crippen LogP contribution in [-0.4, -0.2) is 30.6 Å². The van der Waals surface area contributed by atoms with Crippen molar-refractivity contribution in [1.82, 2.24) is 0 Å². The average molecular weight is 266 g/mol. The van der Waals surface area contributed by atoms with Crippen LogP contribution in [0.25, 0.3) is 0 Å². The second-order valence-corrected chi connectivity index (χ2v) is 7.31. The minimum absolute atomic E-state index is 0.142. The quantitative estimate of drug-likeness (QED) is 0.833. The van der Waals surface area contributed by atoms with Crippen molar-refractivity contribution in [2.45, 2.75) is 44.8 Å². The number of aliphatic carboxylic acids is 1. The van der Waals surface area contributed by atoms with Crippen LogP contribution in [0.5, 0.6) is 0 Å². The molecule has 0 amide bonds. The molecular formula is C15H22O4. The van der Waals surface area contributed by atoms with Crippen molar-refractivity contribution in [1.29, 1.82) is 0 Å². The van der Waals surface area contributed by atoms with Crippen LogP contribution in [0.15, 0.2) is 0 Å². The SMILES string of the molecule is O=C(O)C1COC(C23CC4CC(CC(C4)C2)C3)OC1. The second-order valence-electron chi connectivity index (χ2n) is 7.31. The number of rotatable bonds is 2. The Hall–Kier alpha value is -0.610. The summed E-state index contributed by atoms with van der Waals surface area (Å²) in [5, 5.41) is 9.00. The number of carbonyl (C=O) groups is 1. The maximum Gasteiger partial charge on any atom is 0.311 e. The van der Waals surface area contributed by atoms with Crippen LogP contribution in [0.2, 0.25) is 0 Å². The highest BCUT2D eigenvalue weighted by molar-refractivity contribution is 5.70. The minimum Gasteiger partial charge on any atom is -0.481 e. The van der Waals surface area contributed by atoms with E-state index in [2.05, 4.69) is 0 Å². The van der Waals surface area contributed by atoms with E-state index in [1.54, 1.807) is 0 Å². The molecule has 19 heavy (non-hydrogen) atoms.